The average Bonchev–Trinajstić information content (AvgIpc) is 2.79. The standard InChI is InChI=1S/C23H13Cl2N3O5/c24-17-3-1-2-15(11-17)23(30)33-19-7-4-14(5-8-19)10-16(13-26)22(29)27-20-9-6-18(25)12-21(20)28(31)32/h1-12H,(H,27,29). The van der Waals surface area contributed by atoms with Crippen LogP contribution in [0.3, 0.4) is 0 Å². The molecule has 0 aliphatic rings. The van der Waals surface area contributed by atoms with E-state index >= 15 is 0 Å². The zero-order valence-electron chi connectivity index (χ0n) is 16.6. The van der Waals surface area contributed by atoms with E-state index in [0.29, 0.717) is 10.6 Å². The number of hydrogen-bond donors (Lipinski definition) is 1. The van der Waals surface area contributed by atoms with Crippen LogP contribution in [0.1, 0.15) is 15.9 Å². The Morgan fingerprint density at radius 1 is 1.03 bits per heavy atom. The third kappa shape index (κ3) is 6.17. The Kier molecular flexibility index (Phi) is 7.41. The molecule has 1 amide bonds. The number of ether oxygens (including phenoxy) is 1. The van der Waals surface area contributed by atoms with Gasteiger partial charge in [0.05, 0.1) is 10.5 Å². The lowest BCUT2D eigenvalue weighted by molar-refractivity contribution is -0.383. The molecule has 0 saturated heterocycles. The van der Waals surface area contributed by atoms with Gasteiger partial charge in [-0.3, -0.25) is 14.9 Å². The lowest BCUT2D eigenvalue weighted by Crippen LogP contribution is -2.14. The predicted octanol–water partition coefficient (Wildman–Crippen LogP) is 5.67. The third-order valence-corrected chi connectivity index (χ3v) is 4.70. The molecule has 0 aliphatic heterocycles. The van der Waals surface area contributed by atoms with E-state index in [4.69, 9.17) is 27.9 Å². The van der Waals surface area contributed by atoms with Gasteiger partial charge in [0.25, 0.3) is 11.6 Å². The molecule has 0 aromatic heterocycles. The lowest BCUT2D eigenvalue weighted by Gasteiger charge is -2.06. The van der Waals surface area contributed by atoms with Crippen molar-refractivity contribution < 1.29 is 19.2 Å². The van der Waals surface area contributed by atoms with Crippen LogP contribution < -0.4 is 10.1 Å². The van der Waals surface area contributed by atoms with Gasteiger partial charge >= 0.3 is 5.97 Å². The minimum Gasteiger partial charge on any atom is -0.423 e. The first-order chi connectivity index (χ1) is 15.8. The molecule has 0 spiro atoms. The molecule has 0 bridgehead atoms. The number of hydrogen-bond acceptors (Lipinski definition) is 6. The van der Waals surface area contributed by atoms with E-state index in [1.807, 2.05) is 0 Å². The van der Waals surface area contributed by atoms with Crippen LogP contribution in [0.5, 0.6) is 5.75 Å². The molecular weight excluding hydrogens is 469 g/mol. The van der Waals surface area contributed by atoms with Crippen LogP contribution in [0.4, 0.5) is 11.4 Å². The fourth-order valence-electron chi connectivity index (χ4n) is 2.68. The summed E-state index contributed by atoms with van der Waals surface area (Å²) in [5.41, 5.74) is -0.0400. The van der Waals surface area contributed by atoms with Crippen molar-refractivity contribution in [2.75, 3.05) is 5.32 Å². The summed E-state index contributed by atoms with van der Waals surface area (Å²) in [5.74, 6) is -1.18. The number of nitrogens with one attached hydrogen (secondary N) is 1. The quantitative estimate of drug-likeness (QED) is 0.121. The molecule has 0 atom stereocenters. The number of nitrogens with zero attached hydrogens (tertiary/aromatic N) is 2. The molecule has 33 heavy (non-hydrogen) atoms. The highest BCUT2D eigenvalue weighted by Gasteiger charge is 2.18. The van der Waals surface area contributed by atoms with Gasteiger partial charge in [-0.05, 0) is 54.1 Å². The van der Waals surface area contributed by atoms with E-state index in [1.54, 1.807) is 24.3 Å². The number of carbonyl (C=O) groups excluding carboxylic acids is 2. The summed E-state index contributed by atoms with van der Waals surface area (Å²) >= 11 is 11.6. The van der Waals surface area contributed by atoms with Crippen molar-refractivity contribution >= 4 is 52.5 Å². The van der Waals surface area contributed by atoms with Crippen molar-refractivity contribution in [2.45, 2.75) is 0 Å². The number of carbonyl (C=O) groups is 2. The smallest absolute Gasteiger partial charge is 0.343 e. The SMILES string of the molecule is N#CC(=Cc1ccc(OC(=O)c2cccc(Cl)c2)cc1)C(=O)Nc1ccc(Cl)cc1[N+](=O)[O-]. The van der Waals surface area contributed by atoms with Gasteiger partial charge in [0.15, 0.2) is 0 Å². The number of benzene rings is 3. The maximum absolute atomic E-state index is 12.5. The summed E-state index contributed by atoms with van der Waals surface area (Å²) in [6.07, 6.45) is 1.29. The Morgan fingerprint density at radius 2 is 1.73 bits per heavy atom. The van der Waals surface area contributed by atoms with Gasteiger partial charge in [-0.25, -0.2) is 4.79 Å². The zero-order chi connectivity index (χ0) is 24.0. The van der Waals surface area contributed by atoms with Crippen LogP contribution in [-0.4, -0.2) is 16.8 Å². The Balaban J connectivity index is 1.74. The van der Waals surface area contributed by atoms with Gasteiger partial charge in [0.2, 0.25) is 0 Å². The van der Waals surface area contributed by atoms with Gasteiger partial charge < -0.3 is 10.1 Å². The number of anilines is 1. The number of halogens is 2. The second-order valence-electron chi connectivity index (χ2n) is 6.51. The second-order valence-corrected chi connectivity index (χ2v) is 7.38. The monoisotopic (exact) mass is 481 g/mol. The summed E-state index contributed by atoms with van der Waals surface area (Å²) in [6.45, 7) is 0. The molecule has 0 radical (unpaired) electrons. The highest BCUT2D eigenvalue weighted by atomic mass is 35.5. The van der Waals surface area contributed by atoms with Gasteiger partial charge in [-0.15, -0.1) is 0 Å². The number of rotatable bonds is 6. The van der Waals surface area contributed by atoms with E-state index in [9.17, 15) is 25.0 Å². The molecule has 0 aliphatic carbocycles. The molecular formula is C23H13Cl2N3O5. The lowest BCUT2D eigenvalue weighted by atomic mass is 10.1. The molecule has 164 valence electrons. The van der Waals surface area contributed by atoms with E-state index in [2.05, 4.69) is 5.32 Å². The van der Waals surface area contributed by atoms with Crippen LogP contribution in [0.2, 0.25) is 10.0 Å². The van der Waals surface area contributed by atoms with Crippen LogP contribution in [0.15, 0.2) is 72.3 Å². The second kappa shape index (κ2) is 10.4. The molecule has 0 heterocycles. The third-order valence-electron chi connectivity index (χ3n) is 4.23. The Hall–Kier alpha value is -4.19. The average molecular weight is 482 g/mol. The van der Waals surface area contributed by atoms with E-state index in [-0.39, 0.29) is 27.6 Å². The summed E-state index contributed by atoms with van der Waals surface area (Å²) in [6, 6.07) is 17.9. The van der Waals surface area contributed by atoms with Gasteiger partial charge in [0.1, 0.15) is 23.1 Å². The molecule has 3 aromatic rings. The molecule has 0 fully saturated rings. The van der Waals surface area contributed by atoms with Crippen LogP contribution in [0, 0.1) is 21.4 Å². The van der Waals surface area contributed by atoms with E-state index < -0.39 is 22.5 Å². The van der Waals surface area contributed by atoms with E-state index in [1.165, 1.54) is 48.5 Å². The Bertz CT molecular complexity index is 1310. The van der Waals surface area contributed by atoms with Crippen molar-refractivity contribution in [3.8, 4) is 11.8 Å². The van der Waals surface area contributed by atoms with Gasteiger partial charge in [0, 0.05) is 16.1 Å². The number of nitro benzene ring substituents is 1. The Morgan fingerprint density at radius 3 is 2.36 bits per heavy atom. The van der Waals surface area contributed by atoms with Crippen LogP contribution >= 0.6 is 23.2 Å². The molecule has 3 rings (SSSR count). The minimum atomic E-state index is -0.834. The molecule has 8 nitrogen and oxygen atoms in total. The number of amides is 1. The molecule has 0 unspecified atom stereocenters. The van der Waals surface area contributed by atoms with Crippen molar-refractivity contribution in [3.05, 3.63) is 104 Å². The first kappa shape index (κ1) is 23.5. The van der Waals surface area contributed by atoms with Crippen molar-refractivity contribution in [3.63, 3.8) is 0 Å². The number of esters is 1. The highest BCUT2D eigenvalue weighted by molar-refractivity contribution is 6.31. The number of nitro groups is 1. The van der Waals surface area contributed by atoms with Crippen LogP contribution in [0.25, 0.3) is 6.08 Å². The summed E-state index contributed by atoms with van der Waals surface area (Å²) < 4.78 is 5.28. The largest absolute Gasteiger partial charge is 0.423 e. The van der Waals surface area contributed by atoms with Crippen molar-refractivity contribution in [2.24, 2.45) is 0 Å². The maximum atomic E-state index is 12.5. The summed E-state index contributed by atoms with van der Waals surface area (Å²) in [7, 11) is 0. The topological polar surface area (TPSA) is 122 Å². The normalized spacial score (nSPS) is 10.8. The minimum absolute atomic E-state index is 0.0983. The van der Waals surface area contributed by atoms with Gasteiger partial charge in [-0.2, -0.15) is 5.26 Å². The van der Waals surface area contributed by atoms with Crippen molar-refractivity contribution in [1.82, 2.24) is 0 Å². The molecule has 10 heteroatoms. The molecule has 3 aromatic carbocycles. The van der Waals surface area contributed by atoms with E-state index in [0.717, 1.165) is 6.07 Å². The first-order valence-corrected chi connectivity index (χ1v) is 9.97. The maximum Gasteiger partial charge on any atom is 0.343 e. The van der Waals surface area contributed by atoms with Crippen LogP contribution in [-0.2, 0) is 4.79 Å². The zero-order valence-corrected chi connectivity index (χ0v) is 18.1. The van der Waals surface area contributed by atoms with Gasteiger partial charge in [-0.1, -0.05) is 41.4 Å². The summed E-state index contributed by atoms with van der Waals surface area (Å²) in [5, 5.41) is 23.4. The fraction of sp³-hybridized carbons (Fsp3) is 0. The Labute approximate surface area is 197 Å². The van der Waals surface area contributed by atoms with Crippen molar-refractivity contribution in [1.29, 1.82) is 5.26 Å². The predicted molar refractivity (Wildman–Crippen MR) is 123 cm³/mol. The number of nitriles is 1. The molecule has 0 saturated carbocycles. The highest BCUT2D eigenvalue weighted by Crippen LogP contribution is 2.28. The first-order valence-electron chi connectivity index (χ1n) is 9.21. The fourth-order valence-corrected chi connectivity index (χ4v) is 3.04. The summed E-state index contributed by atoms with van der Waals surface area (Å²) in [4.78, 5) is 35.1. The molecule has 1 N–H and O–H groups in total.